The standard InChI is InChI=1S/C12H17BrN2O2/c1-7(2)11(9(4)13)12-8(3)5-10(6-14-12)15(16)17/h5-7,9,11H,1-4H3. The van der Waals surface area contributed by atoms with Crippen molar-refractivity contribution in [2.24, 2.45) is 5.92 Å². The summed E-state index contributed by atoms with van der Waals surface area (Å²) in [5.74, 6) is 0.688. The Hall–Kier alpha value is -0.970. The van der Waals surface area contributed by atoms with Crippen molar-refractivity contribution in [3.8, 4) is 0 Å². The van der Waals surface area contributed by atoms with Crippen LogP contribution in [-0.4, -0.2) is 14.7 Å². The number of nitro groups is 1. The minimum atomic E-state index is -0.411. The molecule has 1 aromatic rings. The molecule has 0 aliphatic heterocycles. The predicted molar refractivity (Wildman–Crippen MR) is 71.6 cm³/mol. The fourth-order valence-electron chi connectivity index (χ4n) is 2.08. The van der Waals surface area contributed by atoms with Crippen LogP contribution in [0.25, 0.3) is 0 Å². The van der Waals surface area contributed by atoms with Crippen LogP contribution in [0.1, 0.15) is 37.9 Å². The second-order valence-electron chi connectivity index (χ2n) is 4.60. The molecule has 94 valence electrons. The fourth-order valence-corrected chi connectivity index (χ4v) is 2.94. The number of aromatic nitrogens is 1. The van der Waals surface area contributed by atoms with E-state index < -0.39 is 4.92 Å². The van der Waals surface area contributed by atoms with E-state index in [0.717, 1.165) is 11.3 Å². The first-order chi connectivity index (χ1) is 7.84. The molecule has 0 saturated carbocycles. The number of hydrogen-bond donors (Lipinski definition) is 0. The summed E-state index contributed by atoms with van der Waals surface area (Å²) in [6, 6.07) is 1.59. The molecule has 0 fully saturated rings. The maximum atomic E-state index is 10.7. The highest BCUT2D eigenvalue weighted by molar-refractivity contribution is 9.09. The third kappa shape index (κ3) is 3.25. The molecule has 5 heteroatoms. The van der Waals surface area contributed by atoms with Crippen LogP contribution >= 0.6 is 15.9 Å². The summed E-state index contributed by atoms with van der Waals surface area (Å²) in [5.41, 5.74) is 1.87. The molecule has 2 atom stereocenters. The Bertz CT molecular complexity index is 411. The van der Waals surface area contributed by atoms with Crippen molar-refractivity contribution in [3.05, 3.63) is 33.6 Å². The number of nitrogens with zero attached hydrogens (tertiary/aromatic N) is 2. The third-order valence-electron chi connectivity index (χ3n) is 2.84. The van der Waals surface area contributed by atoms with Crippen LogP contribution in [0.15, 0.2) is 12.3 Å². The monoisotopic (exact) mass is 300 g/mol. The van der Waals surface area contributed by atoms with Crippen LogP contribution in [-0.2, 0) is 0 Å². The normalized spacial score (nSPS) is 14.7. The van der Waals surface area contributed by atoms with Crippen LogP contribution < -0.4 is 0 Å². The molecular weight excluding hydrogens is 284 g/mol. The first-order valence-corrected chi connectivity index (χ1v) is 6.51. The number of pyridine rings is 1. The highest BCUT2D eigenvalue weighted by Gasteiger charge is 2.24. The highest BCUT2D eigenvalue weighted by atomic mass is 79.9. The number of halogens is 1. The summed E-state index contributed by atoms with van der Waals surface area (Å²) in [6.45, 7) is 8.21. The Kier molecular flexibility index (Phi) is 4.62. The van der Waals surface area contributed by atoms with Gasteiger partial charge in [0.2, 0.25) is 0 Å². The molecule has 0 aliphatic rings. The fraction of sp³-hybridized carbons (Fsp3) is 0.583. The second-order valence-corrected chi connectivity index (χ2v) is 6.04. The lowest BCUT2D eigenvalue weighted by Gasteiger charge is -2.24. The molecule has 17 heavy (non-hydrogen) atoms. The smallest absolute Gasteiger partial charge is 0.258 e. The lowest BCUT2D eigenvalue weighted by atomic mass is 9.87. The molecule has 0 N–H and O–H groups in total. The maximum absolute atomic E-state index is 10.7. The van der Waals surface area contributed by atoms with E-state index in [9.17, 15) is 10.1 Å². The van der Waals surface area contributed by atoms with Crippen LogP contribution in [0.2, 0.25) is 0 Å². The average Bonchev–Trinajstić information content (AvgIpc) is 2.19. The summed E-state index contributed by atoms with van der Waals surface area (Å²) in [5, 5.41) is 10.7. The SMILES string of the molecule is Cc1cc([N+](=O)[O-])cnc1C(C(C)C)C(C)Br. The summed E-state index contributed by atoms with van der Waals surface area (Å²) in [6.07, 6.45) is 1.34. The van der Waals surface area contributed by atoms with Crippen molar-refractivity contribution in [1.82, 2.24) is 4.98 Å². The zero-order chi connectivity index (χ0) is 13.2. The molecule has 1 aromatic heterocycles. The number of aryl methyl sites for hydroxylation is 1. The van der Waals surface area contributed by atoms with Gasteiger partial charge in [-0.2, -0.15) is 0 Å². The Balaban J connectivity index is 3.18. The topological polar surface area (TPSA) is 56.0 Å². The molecule has 0 radical (unpaired) electrons. The molecular formula is C12H17BrN2O2. The third-order valence-corrected chi connectivity index (χ3v) is 3.41. The van der Waals surface area contributed by atoms with E-state index in [1.165, 1.54) is 6.20 Å². The van der Waals surface area contributed by atoms with Gasteiger partial charge >= 0.3 is 0 Å². The minimum absolute atomic E-state index is 0.0518. The number of rotatable bonds is 4. The molecule has 0 amide bonds. The number of hydrogen-bond acceptors (Lipinski definition) is 3. The van der Waals surface area contributed by atoms with E-state index in [2.05, 4.69) is 41.7 Å². The van der Waals surface area contributed by atoms with Crippen molar-refractivity contribution in [3.63, 3.8) is 0 Å². The highest BCUT2D eigenvalue weighted by Crippen LogP contribution is 2.33. The van der Waals surface area contributed by atoms with Crippen LogP contribution in [0.4, 0.5) is 5.69 Å². The van der Waals surface area contributed by atoms with E-state index in [1.807, 2.05) is 6.92 Å². The lowest BCUT2D eigenvalue weighted by Crippen LogP contribution is -2.18. The van der Waals surface area contributed by atoms with E-state index in [4.69, 9.17) is 0 Å². The molecule has 1 rings (SSSR count). The van der Waals surface area contributed by atoms with Gasteiger partial charge < -0.3 is 0 Å². The summed E-state index contributed by atoms with van der Waals surface area (Å²) < 4.78 is 0. The first kappa shape index (κ1) is 14.1. The van der Waals surface area contributed by atoms with Crippen molar-refractivity contribution >= 4 is 21.6 Å². The first-order valence-electron chi connectivity index (χ1n) is 5.59. The van der Waals surface area contributed by atoms with Crippen LogP contribution in [0.5, 0.6) is 0 Å². The van der Waals surface area contributed by atoms with Gasteiger partial charge in [-0.3, -0.25) is 15.1 Å². The van der Waals surface area contributed by atoms with Gasteiger partial charge in [0.25, 0.3) is 5.69 Å². The Morgan fingerprint density at radius 2 is 2.00 bits per heavy atom. The van der Waals surface area contributed by atoms with Gasteiger partial charge in [-0.1, -0.05) is 36.7 Å². The van der Waals surface area contributed by atoms with Gasteiger partial charge in [0.15, 0.2) is 0 Å². The van der Waals surface area contributed by atoms with E-state index in [0.29, 0.717) is 5.92 Å². The molecule has 4 nitrogen and oxygen atoms in total. The molecule has 0 bridgehead atoms. The van der Waals surface area contributed by atoms with Gasteiger partial charge in [0.05, 0.1) is 4.92 Å². The summed E-state index contributed by atoms with van der Waals surface area (Å²) in [7, 11) is 0. The average molecular weight is 301 g/mol. The Morgan fingerprint density at radius 1 is 1.41 bits per heavy atom. The largest absolute Gasteiger partial charge is 0.287 e. The van der Waals surface area contributed by atoms with E-state index in [1.54, 1.807) is 6.07 Å². The zero-order valence-corrected chi connectivity index (χ0v) is 12.1. The van der Waals surface area contributed by atoms with Crippen molar-refractivity contribution in [1.29, 1.82) is 0 Å². The van der Waals surface area contributed by atoms with E-state index >= 15 is 0 Å². The summed E-state index contributed by atoms with van der Waals surface area (Å²) in [4.78, 5) is 14.8. The van der Waals surface area contributed by atoms with Crippen molar-refractivity contribution < 1.29 is 4.92 Å². The maximum Gasteiger partial charge on any atom is 0.287 e. The van der Waals surface area contributed by atoms with Gasteiger partial charge in [-0.05, 0) is 18.4 Å². The van der Waals surface area contributed by atoms with Gasteiger partial charge in [0, 0.05) is 22.5 Å². The van der Waals surface area contributed by atoms with E-state index in [-0.39, 0.29) is 16.4 Å². The van der Waals surface area contributed by atoms with Crippen LogP contribution in [0.3, 0.4) is 0 Å². The van der Waals surface area contributed by atoms with Crippen LogP contribution in [0, 0.1) is 23.0 Å². The molecule has 2 unspecified atom stereocenters. The Labute approximate surface area is 110 Å². The molecule has 0 saturated heterocycles. The van der Waals surface area contributed by atoms with Gasteiger partial charge in [-0.15, -0.1) is 0 Å². The van der Waals surface area contributed by atoms with Crippen molar-refractivity contribution in [2.45, 2.75) is 38.4 Å². The Morgan fingerprint density at radius 3 is 2.35 bits per heavy atom. The number of alkyl halides is 1. The minimum Gasteiger partial charge on any atom is -0.258 e. The molecule has 0 aromatic carbocycles. The quantitative estimate of drug-likeness (QED) is 0.482. The summed E-state index contributed by atoms with van der Waals surface area (Å²) >= 11 is 3.59. The van der Waals surface area contributed by atoms with Gasteiger partial charge in [0.1, 0.15) is 6.20 Å². The van der Waals surface area contributed by atoms with Crippen molar-refractivity contribution in [2.75, 3.05) is 0 Å². The second kappa shape index (κ2) is 5.58. The zero-order valence-electron chi connectivity index (χ0n) is 10.5. The molecule has 0 aliphatic carbocycles. The van der Waals surface area contributed by atoms with Gasteiger partial charge in [-0.25, -0.2) is 0 Å². The lowest BCUT2D eigenvalue weighted by molar-refractivity contribution is -0.385. The molecule has 0 spiro atoms. The predicted octanol–water partition coefficient (Wildman–Crippen LogP) is 3.82. The molecule has 1 heterocycles.